The number of fused-ring (bicyclic) bond motifs is 2. The number of amides is 1. The summed E-state index contributed by atoms with van der Waals surface area (Å²) in [6, 6.07) is 9.76. The van der Waals surface area contributed by atoms with E-state index >= 15 is 0 Å². The van der Waals surface area contributed by atoms with Crippen molar-refractivity contribution in [2.75, 3.05) is 18.6 Å². The van der Waals surface area contributed by atoms with Crippen molar-refractivity contribution in [1.29, 1.82) is 0 Å². The topological polar surface area (TPSA) is 98.2 Å². The first-order valence-electron chi connectivity index (χ1n) is 12.2. The second kappa shape index (κ2) is 8.81. The van der Waals surface area contributed by atoms with Crippen LogP contribution in [0.15, 0.2) is 47.7 Å². The molecule has 3 unspecified atom stereocenters. The minimum atomic E-state index is -0.731. The lowest BCUT2D eigenvalue weighted by Crippen LogP contribution is -2.39. The van der Waals surface area contributed by atoms with Crippen LogP contribution < -0.4 is 14.4 Å². The number of methoxy groups -OCH3 is 1. The fourth-order valence-corrected chi connectivity index (χ4v) is 6.47. The van der Waals surface area contributed by atoms with Crippen molar-refractivity contribution in [3.05, 3.63) is 53.3 Å². The molecular formula is C27H26N2O6S. The van der Waals surface area contributed by atoms with Crippen LogP contribution in [0.5, 0.6) is 17.2 Å². The van der Waals surface area contributed by atoms with E-state index < -0.39 is 6.04 Å². The smallest absolute Gasteiger partial charge is 0.296 e. The minimum Gasteiger partial charge on any atom is -0.504 e. The molecule has 3 heterocycles. The van der Waals surface area contributed by atoms with Crippen LogP contribution >= 0.6 is 11.3 Å². The molecule has 3 atom stereocenters. The molecule has 2 aromatic carbocycles. The summed E-state index contributed by atoms with van der Waals surface area (Å²) < 4.78 is 18.1. The molecule has 36 heavy (non-hydrogen) atoms. The predicted octanol–water partition coefficient (Wildman–Crippen LogP) is 4.91. The number of Topliss-reactive ketones (excluding diaryl/α,β-unsaturated/α-hetero) is 1. The van der Waals surface area contributed by atoms with E-state index in [0.717, 1.165) is 35.9 Å². The molecule has 8 nitrogen and oxygen atoms in total. The molecule has 9 heteroatoms. The molecular weight excluding hydrogens is 480 g/mol. The van der Waals surface area contributed by atoms with Gasteiger partial charge in [-0.15, -0.1) is 0 Å². The molecule has 0 radical (unpaired) electrons. The van der Waals surface area contributed by atoms with E-state index in [1.165, 1.54) is 17.4 Å². The normalized spacial score (nSPS) is 23.5. The molecule has 0 bridgehead atoms. The summed E-state index contributed by atoms with van der Waals surface area (Å²) in [5.74, 6) is 0.454. The molecule has 1 saturated carbocycles. The maximum atomic E-state index is 13.9. The largest absolute Gasteiger partial charge is 0.504 e. The van der Waals surface area contributed by atoms with Gasteiger partial charge in [-0.3, -0.25) is 14.5 Å². The van der Waals surface area contributed by atoms with Gasteiger partial charge >= 0.3 is 0 Å². The highest BCUT2D eigenvalue weighted by molar-refractivity contribution is 7.22. The first-order chi connectivity index (χ1) is 17.5. The summed E-state index contributed by atoms with van der Waals surface area (Å²) in [5.41, 5.74) is 1.75. The number of carbonyl (C=O) groups excluding carboxylic acids is 2. The number of phenolic OH excluding ortho intramolecular Hbond substituents is 1. The van der Waals surface area contributed by atoms with Gasteiger partial charge in [0.25, 0.3) is 5.91 Å². The van der Waals surface area contributed by atoms with Gasteiger partial charge in [-0.25, -0.2) is 4.98 Å². The van der Waals surface area contributed by atoms with E-state index in [1.54, 1.807) is 24.1 Å². The van der Waals surface area contributed by atoms with E-state index in [0.29, 0.717) is 34.4 Å². The van der Waals surface area contributed by atoms with Crippen molar-refractivity contribution in [3.63, 3.8) is 0 Å². The third kappa shape index (κ3) is 3.52. The first kappa shape index (κ1) is 22.8. The second-order valence-electron chi connectivity index (χ2n) is 9.22. The highest BCUT2D eigenvalue weighted by Crippen LogP contribution is 2.50. The Hall–Kier alpha value is -3.59. The summed E-state index contributed by atoms with van der Waals surface area (Å²) in [4.78, 5) is 34.0. The molecule has 3 aromatic rings. The molecule has 1 aromatic heterocycles. The number of thiazole rings is 1. The predicted molar refractivity (Wildman–Crippen MR) is 135 cm³/mol. The average Bonchev–Trinajstić information content (AvgIpc) is 3.43. The zero-order valence-corrected chi connectivity index (χ0v) is 20.8. The fourth-order valence-electron chi connectivity index (χ4n) is 5.45. The zero-order valence-electron chi connectivity index (χ0n) is 20.0. The highest BCUT2D eigenvalue weighted by Gasteiger charge is 2.53. The lowest BCUT2D eigenvalue weighted by Gasteiger charge is -2.35. The van der Waals surface area contributed by atoms with Crippen LogP contribution in [-0.2, 0) is 14.3 Å². The number of phenols is 1. The molecule has 2 aliphatic heterocycles. The van der Waals surface area contributed by atoms with Gasteiger partial charge in [-0.2, -0.15) is 0 Å². The minimum absolute atomic E-state index is 0.00340. The summed E-state index contributed by atoms with van der Waals surface area (Å²) in [6.07, 6.45) is 3.19. The number of aromatic hydroxyl groups is 1. The van der Waals surface area contributed by atoms with E-state index in [1.807, 2.05) is 25.1 Å². The maximum Gasteiger partial charge on any atom is 0.296 e. The van der Waals surface area contributed by atoms with Crippen LogP contribution in [0.1, 0.15) is 44.2 Å². The Balaban J connectivity index is 1.51. The first-order valence-corrected chi connectivity index (χ1v) is 13.0. The van der Waals surface area contributed by atoms with E-state index in [-0.39, 0.29) is 35.2 Å². The Bertz CT molecular complexity index is 1410. The fraction of sp³-hybridized carbons (Fsp3) is 0.370. The van der Waals surface area contributed by atoms with Gasteiger partial charge in [0.05, 0.1) is 41.5 Å². The molecule has 6 rings (SSSR count). The zero-order chi connectivity index (χ0) is 25.0. The van der Waals surface area contributed by atoms with Gasteiger partial charge in [-0.1, -0.05) is 23.8 Å². The summed E-state index contributed by atoms with van der Waals surface area (Å²) in [6.45, 7) is 2.19. The van der Waals surface area contributed by atoms with Crippen LogP contribution in [0.4, 0.5) is 5.13 Å². The number of hydrogen-bond donors (Lipinski definition) is 1. The molecule has 0 spiro atoms. The third-order valence-corrected chi connectivity index (χ3v) is 8.17. The summed E-state index contributed by atoms with van der Waals surface area (Å²) in [5, 5.41) is 10.8. The number of anilines is 1. The van der Waals surface area contributed by atoms with E-state index in [9.17, 15) is 14.7 Å². The number of ketones is 1. The maximum absolute atomic E-state index is 13.9. The van der Waals surface area contributed by atoms with Crippen molar-refractivity contribution in [2.24, 2.45) is 5.92 Å². The average molecular weight is 507 g/mol. The van der Waals surface area contributed by atoms with E-state index in [2.05, 4.69) is 0 Å². The molecule has 1 fully saturated rings. The molecule has 1 amide bonds. The van der Waals surface area contributed by atoms with Gasteiger partial charge < -0.3 is 19.3 Å². The van der Waals surface area contributed by atoms with Crippen molar-refractivity contribution in [1.82, 2.24) is 4.98 Å². The van der Waals surface area contributed by atoms with Gasteiger partial charge in [-0.05, 0) is 62.1 Å². The summed E-state index contributed by atoms with van der Waals surface area (Å²) in [7, 11) is 1.60. The number of aromatic nitrogens is 1. The van der Waals surface area contributed by atoms with Crippen LogP contribution in [0.3, 0.4) is 0 Å². The number of carbonyl (C=O) groups is 2. The Kier molecular flexibility index (Phi) is 5.59. The second-order valence-corrected chi connectivity index (χ2v) is 10.2. The number of nitrogens with zero attached hydrogens (tertiary/aromatic N) is 2. The SMILES string of the molecule is CCOc1cc(C2C3=C(OC4CCCCC4C3=O)C(=O)N2c2nc3ccc(OC)cc3s2)ccc1O. The Labute approximate surface area is 212 Å². The van der Waals surface area contributed by atoms with Gasteiger partial charge in [0.1, 0.15) is 11.9 Å². The van der Waals surface area contributed by atoms with Crippen LogP contribution in [0, 0.1) is 5.92 Å². The quantitative estimate of drug-likeness (QED) is 0.525. The molecule has 3 aliphatic rings. The number of rotatable bonds is 5. The number of benzene rings is 2. The number of ether oxygens (including phenoxy) is 3. The van der Waals surface area contributed by atoms with Crippen molar-refractivity contribution in [3.8, 4) is 17.2 Å². The standard InChI is InChI=1S/C27H26N2O6S/c1-3-34-20-12-14(8-11-18(20)30)23-22-24(31)16-6-4-5-7-19(16)35-25(22)26(32)29(23)27-28-17-10-9-15(33-2)13-21(17)36-27/h8-13,16,19,23,30H,3-7H2,1-2H3. The van der Waals surface area contributed by atoms with Gasteiger partial charge in [0.15, 0.2) is 28.2 Å². The van der Waals surface area contributed by atoms with Crippen molar-refractivity contribution >= 4 is 38.4 Å². The summed E-state index contributed by atoms with van der Waals surface area (Å²) >= 11 is 1.36. The van der Waals surface area contributed by atoms with Crippen LogP contribution in [0.2, 0.25) is 0 Å². The van der Waals surface area contributed by atoms with Crippen LogP contribution in [-0.4, -0.2) is 41.6 Å². The van der Waals surface area contributed by atoms with Crippen molar-refractivity contribution < 1.29 is 28.9 Å². The molecule has 186 valence electrons. The van der Waals surface area contributed by atoms with Crippen molar-refractivity contribution in [2.45, 2.75) is 44.8 Å². The molecule has 1 aliphatic carbocycles. The lowest BCUT2D eigenvalue weighted by atomic mass is 9.77. The van der Waals surface area contributed by atoms with Gasteiger partial charge in [0, 0.05) is 0 Å². The van der Waals surface area contributed by atoms with Gasteiger partial charge in [0.2, 0.25) is 0 Å². The third-order valence-electron chi connectivity index (χ3n) is 7.15. The molecule has 1 N–H and O–H groups in total. The highest BCUT2D eigenvalue weighted by atomic mass is 32.1. The Morgan fingerprint density at radius 2 is 2.00 bits per heavy atom. The number of hydrogen-bond acceptors (Lipinski definition) is 8. The molecule has 0 saturated heterocycles. The Morgan fingerprint density at radius 1 is 1.17 bits per heavy atom. The van der Waals surface area contributed by atoms with E-state index in [4.69, 9.17) is 19.2 Å². The Morgan fingerprint density at radius 3 is 2.81 bits per heavy atom. The lowest BCUT2D eigenvalue weighted by molar-refractivity contribution is -0.131. The monoisotopic (exact) mass is 506 g/mol. The van der Waals surface area contributed by atoms with Crippen LogP contribution in [0.25, 0.3) is 10.2 Å².